The van der Waals surface area contributed by atoms with E-state index in [9.17, 15) is 0 Å². The van der Waals surface area contributed by atoms with Gasteiger partial charge in [-0.2, -0.15) is 0 Å². The number of hydrogen-bond donors (Lipinski definition) is 1. The molecule has 1 heterocycles. The topological polar surface area (TPSA) is 40.2 Å². The Morgan fingerprint density at radius 1 is 1.26 bits per heavy atom. The van der Waals surface area contributed by atoms with E-state index in [-0.39, 0.29) is 5.41 Å². The minimum absolute atomic E-state index is 0.103. The molecule has 0 radical (unpaired) electrons. The predicted molar refractivity (Wildman–Crippen MR) is 78.7 cm³/mol. The van der Waals surface area contributed by atoms with Crippen molar-refractivity contribution in [2.75, 3.05) is 13.7 Å². The molecule has 1 saturated carbocycles. The lowest BCUT2D eigenvalue weighted by molar-refractivity contribution is 0.380. The number of rotatable bonds is 3. The van der Waals surface area contributed by atoms with Crippen molar-refractivity contribution in [3.63, 3.8) is 0 Å². The second kappa shape index (κ2) is 4.57. The second-order valence-corrected chi connectivity index (χ2v) is 5.69. The molecule has 3 rings (SSSR count). The van der Waals surface area contributed by atoms with E-state index in [0.29, 0.717) is 6.54 Å². The van der Waals surface area contributed by atoms with Crippen LogP contribution in [0.2, 0.25) is 0 Å². The van der Waals surface area contributed by atoms with Gasteiger partial charge in [0.05, 0.1) is 7.11 Å². The molecular weight excluding hydrogens is 236 g/mol. The van der Waals surface area contributed by atoms with E-state index in [1.807, 2.05) is 0 Å². The zero-order valence-corrected chi connectivity index (χ0v) is 11.8. The van der Waals surface area contributed by atoms with Crippen LogP contribution in [0, 0.1) is 0 Å². The molecule has 2 N–H and O–H groups in total. The largest absolute Gasteiger partial charge is 0.496 e. The van der Waals surface area contributed by atoms with Gasteiger partial charge in [0.25, 0.3) is 0 Å². The van der Waals surface area contributed by atoms with Crippen molar-refractivity contribution >= 4 is 10.9 Å². The molecule has 0 atom stereocenters. The Morgan fingerprint density at radius 3 is 2.63 bits per heavy atom. The molecule has 1 aliphatic carbocycles. The number of ether oxygens (including phenoxy) is 1. The number of aromatic nitrogens is 1. The van der Waals surface area contributed by atoms with Gasteiger partial charge in [-0.15, -0.1) is 0 Å². The Balaban J connectivity index is 2.30. The number of hydrogen-bond acceptors (Lipinski definition) is 2. The maximum Gasteiger partial charge on any atom is 0.123 e. The van der Waals surface area contributed by atoms with E-state index < -0.39 is 0 Å². The molecule has 1 aromatic heterocycles. The Hall–Kier alpha value is -1.48. The van der Waals surface area contributed by atoms with Gasteiger partial charge >= 0.3 is 0 Å². The first-order chi connectivity index (χ1) is 9.22. The molecular formula is C16H22N2O. The standard InChI is InChI=1S/C16H22N2O/c1-18-10-7-12-13(18)5-6-14(19-2)15(12)16(11-17)8-3-4-9-16/h5-7,10H,3-4,8-9,11,17H2,1-2H3. The zero-order chi connectivity index (χ0) is 13.5. The molecule has 0 saturated heterocycles. The highest BCUT2D eigenvalue weighted by molar-refractivity contribution is 5.87. The minimum atomic E-state index is 0.103. The van der Waals surface area contributed by atoms with Gasteiger partial charge in [-0.25, -0.2) is 0 Å². The quantitative estimate of drug-likeness (QED) is 0.919. The lowest BCUT2D eigenvalue weighted by atomic mass is 9.77. The fourth-order valence-corrected chi connectivity index (χ4v) is 3.66. The smallest absolute Gasteiger partial charge is 0.123 e. The zero-order valence-electron chi connectivity index (χ0n) is 11.8. The number of benzene rings is 1. The molecule has 3 heteroatoms. The van der Waals surface area contributed by atoms with Crippen LogP contribution in [0.25, 0.3) is 10.9 Å². The lowest BCUT2D eigenvalue weighted by Gasteiger charge is -2.30. The molecule has 0 amide bonds. The summed E-state index contributed by atoms with van der Waals surface area (Å²) in [4.78, 5) is 0. The summed E-state index contributed by atoms with van der Waals surface area (Å²) in [6.07, 6.45) is 7.00. The van der Waals surface area contributed by atoms with Gasteiger partial charge in [-0.1, -0.05) is 12.8 Å². The molecule has 1 fully saturated rings. The van der Waals surface area contributed by atoms with Crippen LogP contribution in [0.4, 0.5) is 0 Å². The van der Waals surface area contributed by atoms with Crippen LogP contribution in [0.15, 0.2) is 24.4 Å². The maximum atomic E-state index is 6.16. The van der Waals surface area contributed by atoms with E-state index in [0.717, 1.165) is 5.75 Å². The molecule has 1 aliphatic rings. The van der Waals surface area contributed by atoms with E-state index in [1.165, 1.54) is 42.1 Å². The highest BCUT2D eigenvalue weighted by atomic mass is 16.5. The number of fused-ring (bicyclic) bond motifs is 1. The lowest BCUT2D eigenvalue weighted by Crippen LogP contribution is -2.32. The third-order valence-electron chi connectivity index (χ3n) is 4.73. The first-order valence-corrected chi connectivity index (χ1v) is 7.04. The van der Waals surface area contributed by atoms with Crippen molar-refractivity contribution in [1.82, 2.24) is 4.57 Å². The maximum absolute atomic E-state index is 6.16. The number of nitrogens with zero attached hydrogens (tertiary/aromatic N) is 1. The van der Waals surface area contributed by atoms with Crippen molar-refractivity contribution in [3.05, 3.63) is 30.0 Å². The van der Waals surface area contributed by atoms with Crippen LogP contribution >= 0.6 is 0 Å². The molecule has 2 aromatic rings. The van der Waals surface area contributed by atoms with E-state index in [1.54, 1.807) is 7.11 Å². The van der Waals surface area contributed by atoms with Crippen LogP contribution in [-0.2, 0) is 12.5 Å². The molecule has 0 unspecified atom stereocenters. The third kappa shape index (κ3) is 1.76. The number of methoxy groups -OCH3 is 1. The Bertz CT molecular complexity index is 594. The van der Waals surface area contributed by atoms with Crippen molar-refractivity contribution < 1.29 is 4.74 Å². The van der Waals surface area contributed by atoms with Gasteiger partial charge in [0.15, 0.2) is 0 Å². The summed E-state index contributed by atoms with van der Waals surface area (Å²) in [7, 11) is 3.84. The average molecular weight is 258 g/mol. The van der Waals surface area contributed by atoms with E-state index in [4.69, 9.17) is 10.5 Å². The van der Waals surface area contributed by atoms with Crippen molar-refractivity contribution in [3.8, 4) is 5.75 Å². The van der Waals surface area contributed by atoms with Crippen molar-refractivity contribution in [1.29, 1.82) is 0 Å². The van der Waals surface area contributed by atoms with Crippen molar-refractivity contribution in [2.45, 2.75) is 31.1 Å². The van der Waals surface area contributed by atoms with Crippen molar-refractivity contribution in [2.24, 2.45) is 12.8 Å². The Labute approximate surface area is 114 Å². The predicted octanol–water partition coefficient (Wildman–Crippen LogP) is 2.96. The molecule has 0 aliphatic heterocycles. The Morgan fingerprint density at radius 2 is 2.00 bits per heavy atom. The summed E-state index contributed by atoms with van der Waals surface area (Å²) in [6, 6.07) is 6.42. The number of aryl methyl sites for hydroxylation is 1. The van der Waals surface area contributed by atoms with Crippen LogP contribution in [0.3, 0.4) is 0 Å². The molecule has 0 spiro atoms. The number of nitrogens with two attached hydrogens (primary N) is 1. The fraction of sp³-hybridized carbons (Fsp3) is 0.500. The normalized spacial score (nSPS) is 18.1. The third-order valence-corrected chi connectivity index (χ3v) is 4.73. The highest BCUT2D eigenvalue weighted by Gasteiger charge is 2.38. The Kier molecular flexibility index (Phi) is 3.02. The summed E-state index contributed by atoms with van der Waals surface area (Å²) in [6.45, 7) is 0.706. The van der Waals surface area contributed by atoms with Gasteiger partial charge in [-0.3, -0.25) is 0 Å². The first kappa shape index (κ1) is 12.5. The average Bonchev–Trinajstić information content (AvgIpc) is 3.06. The van der Waals surface area contributed by atoms with Crippen LogP contribution in [-0.4, -0.2) is 18.2 Å². The van der Waals surface area contributed by atoms with Gasteiger partial charge in [0.2, 0.25) is 0 Å². The van der Waals surface area contributed by atoms with Gasteiger partial charge in [-0.05, 0) is 31.0 Å². The monoisotopic (exact) mass is 258 g/mol. The van der Waals surface area contributed by atoms with Gasteiger partial charge < -0.3 is 15.0 Å². The SMILES string of the molecule is COc1ccc2c(ccn2C)c1C1(CN)CCCC1. The molecule has 3 nitrogen and oxygen atoms in total. The van der Waals surface area contributed by atoms with Crippen LogP contribution < -0.4 is 10.5 Å². The van der Waals surface area contributed by atoms with Gasteiger partial charge in [0.1, 0.15) is 5.75 Å². The molecule has 0 bridgehead atoms. The van der Waals surface area contributed by atoms with E-state index >= 15 is 0 Å². The second-order valence-electron chi connectivity index (χ2n) is 5.69. The minimum Gasteiger partial charge on any atom is -0.496 e. The van der Waals surface area contributed by atoms with E-state index in [2.05, 4.69) is 36.0 Å². The van der Waals surface area contributed by atoms with Crippen LogP contribution in [0.5, 0.6) is 5.75 Å². The molecule has 1 aromatic carbocycles. The summed E-state index contributed by atoms with van der Waals surface area (Å²) < 4.78 is 7.80. The summed E-state index contributed by atoms with van der Waals surface area (Å²) >= 11 is 0. The van der Waals surface area contributed by atoms with Gasteiger partial charge in [0, 0.05) is 41.7 Å². The summed E-state index contributed by atoms with van der Waals surface area (Å²) in [5, 5.41) is 1.30. The molecule has 19 heavy (non-hydrogen) atoms. The van der Waals surface area contributed by atoms with Crippen LogP contribution in [0.1, 0.15) is 31.2 Å². The summed E-state index contributed by atoms with van der Waals surface area (Å²) in [5.41, 5.74) is 8.85. The fourth-order valence-electron chi connectivity index (χ4n) is 3.66. The molecule has 102 valence electrons. The summed E-state index contributed by atoms with van der Waals surface area (Å²) in [5.74, 6) is 0.992. The first-order valence-electron chi connectivity index (χ1n) is 7.04. The highest BCUT2D eigenvalue weighted by Crippen LogP contribution is 2.47.